The maximum atomic E-state index is 9.34. The van der Waals surface area contributed by atoms with Crippen LogP contribution in [-0.2, 0) is 35.8 Å². The second-order valence-electron chi connectivity index (χ2n) is 15.2. The van der Waals surface area contributed by atoms with E-state index in [4.69, 9.17) is 18.5 Å². The first kappa shape index (κ1) is 42.6. The highest BCUT2D eigenvalue weighted by atomic mass is 16.5. The van der Waals surface area contributed by atoms with Crippen molar-refractivity contribution in [3.8, 4) is 67.9 Å². The average Bonchev–Trinajstić information content (AvgIpc) is 3.99. The second kappa shape index (κ2) is 20.1. The van der Waals surface area contributed by atoms with Crippen molar-refractivity contribution >= 4 is 0 Å². The van der Waals surface area contributed by atoms with Crippen molar-refractivity contribution in [1.29, 1.82) is 0 Å². The van der Waals surface area contributed by atoms with Gasteiger partial charge in [0.2, 0.25) is 11.6 Å². The van der Waals surface area contributed by atoms with E-state index in [1.807, 2.05) is 66.7 Å². The van der Waals surface area contributed by atoms with Crippen LogP contribution in [0.5, 0.6) is 0 Å². The first-order valence-corrected chi connectivity index (χ1v) is 20.3. The topological polar surface area (TPSA) is 129 Å². The third-order valence-electron chi connectivity index (χ3n) is 10.3. The Balaban J connectivity index is 0.000000185. The highest BCUT2D eigenvalue weighted by Gasteiger charge is 2.17. The highest BCUT2D eigenvalue weighted by Crippen LogP contribution is 2.33. The number of benzene rings is 6. The minimum absolute atomic E-state index is 0.0285. The van der Waals surface area contributed by atoms with Crippen molar-refractivity contribution in [3.05, 3.63) is 167 Å². The number of rotatable bonds is 14. The van der Waals surface area contributed by atoms with E-state index in [-0.39, 0.29) is 6.61 Å². The summed E-state index contributed by atoms with van der Waals surface area (Å²) in [5, 5.41) is 21.1. The van der Waals surface area contributed by atoms with Gasteiger partial charge in [0.15, 0.2) is 0 Å². The number of hydrogen-bond donors (Lipinski definition) is 2. The maximum Gasteiger partial charge on any atom is 0.258 e. The minimum Gasteiger partial charge on any atom is -0.392 e. The van der Waals surface area contributed by atoms with Crippen LogP contribution in [-0.4, -0.2) is 45.6 Å². The Hall–Kier alpha value is -6.56. The van der Waals surface area contributed by atoms with Crippen LogP contribution in [0.1, 0.15) is 47.2 Å². The van der Waals surface area contributed by atoms with Crippen molar-refractivity contribution in [2.24, 2.45) is 0 Å². The van der Waals surface area contributed by atoms with Crippen LogP contribution in [0.3, 0.4) is 0 Å². The van der Waals surface area contributed by atoms with Crippen molar-refractivity contribution in [3.63, 3.8) is 0 Å². The molecule has 0 atom stereocenters. The van der Waals surface area contributed by atoms with Crippen LogP contribution in [0.4, 0.5) is 0 Å². The van der Waals surface area contributed by atoms with E-state index in [2.05, 4.69) is 120 Å². The molecule has 0 saturated carbocycles. The molecule has 0 aliphatic carbocycles. The van der Waals surface area contributed by atoms with Gasteiger partial charge in [0.05, 0.1) is 19.8 Å². The third-order valence-corrected chi connectivity index (χ3v) is 10.3. The summed E-state index contributed by atoms with van der Waals surface area (Å²) in [6.07, 6.45) is 0. The molecule has 6 aromatic carbocycles. The Morgan fingerprint density at radius 3 is 1.48 bits per heavy atom. The van der Waals surface area contributed by atoms with Crippen LogP contribution in [0.25, 0.3) is 67.9 Å². The summed E-state index contributed by atoms with van der Waals surface area (Å²) in [6.45, 7) is 10.3. The van der Waals surface area contributed by atoms with Crippen molar-refractivity contribution in [1.82, 2.24) is 25.6 Å². The molecule has 0 fully saturated rings. The quantitative estimate of drug-likeness (QED) is 0.109. The van der Waals surface area contributed by atoms with Gasteiger partial charge in [0.1, 0.15) is 0 Å². The number of aliphatic hydroxyl groups excluding tert-OH is 1. The molecule has 0 bridgehead atoms. The fraction of sp³-hybridized carbons (Fsp3) is 0.216. The van der Waals surface area contributed by atoms with Gasteiger partial charge in [-0.1, -0.05) is 121 Å². The van der Waals surface area contributed by atoms with E-state index in [0.717, 1.165) is 56.6 Å². The molecular formula is C51H51N5O5. The van der Waals surface area contributed by atoms with Crippen LogP contribution in [0, 0.1) is 13.8 Å². The van der Waals surface area contributed by atoms with Crippen LogP contribution >= 0.6 is 0 Å². The monoisotopic (exact) mass is 813 g/mol. The Bertz CT molecular complexity index is 2700. The third kappa shape index (κ3) is 10.4. The van der Waals surface area contributed by atoms with Gasteiger partial charge in [-0.3, -0.25) is 0 Å². The number of aromatic nitrogens is 4. The molecule has 2 heterocycles. The largest absolute Gasteiger partial charge is 0.392 e. The predicted molar refractivity (Wildman–Crippen MR) is 240 cm³/mol. The molecule has 2 aromatic heterocycles. The standard InChI is InChI=1S/C27H29N3O2.C24H22N2O3/c1-18(2)28-16-20-9-7-10-21(14-20)26-29-27(32-30-26)22-12-13-25(23(15-22)17-31-4)24-11-6-5-8-19(24)3;1-16-6-3-4-9-21(16)22-11-10-19(13-20(22)15-28-2)24-25-23(26-29-24)18-8-5-7-17(12-18)14-27/h5-15,18,28H,16-17H2,1-4H3;3-13,27H,14-15H2,1-2H3. The van der Waals surface area contributed by atoms with Gasteiger partial charge in [-0.25, -0.2) is 0 Å². The molecule has 0 radical (unpaired) electrons. The smallest absolute Gasteiger partial charge is 0.258 e. The average molecular weight is 814 g/mol. The second-order valence-corrected chi connectivity index (χ2v) is 15.2. The van der Waals surface area contributed by atoms with Gasteiger partial charge in [-0.15, -0.1) is 0 Å². The Kier molecular flexibility index (Phi) is 14.0. The molecule has 0 amide bonds. The number of nitrogens with zero attached hydrogens (tertiary/aromatic N) is 4. The van der Waals surface area contributed by atoms with Crippen molar-refractivity contribution < 1.29 is 23.6 Å². The predicted octanol–water partition coefficient (Wildman–Crippen LogP) is 11.0. The molecule has 8 aromatic rings. The van der Waals surface area contributed by atoms with Crippen LogP contribution in [0.2, 0.25) is 0 Å². The first-order valence-electron chi connectivity index (χ1n) is 20.3. The molecule has 0 unspecified atom stereocenters. The lowest BCUT2D eigenvalue weighted by atomic mass is 9.94. The summed E-state index contributed by atoms with van der Waals surface area (Å²) in [5.41, 5.74) is 14.7. The van der Waals surface area contributed by atoms with E-state index >= 15 is 0 Å². The molecule has 10 heteroatoms. The van der Waals surface area contributed by atoms with Crippen molar-refractivity contribution in [2.45, 2.75) is 60.1 Å². The minimum atomic E-state index is -0.0285. The molecule has 61 heavy (non-hydrogen) atoms. The van der Waals surface area contributed by atoms with E-state index < -0.39 is 0 Å². The zero-order valence-corrected chi connectivity index (χ0v) is 35.5. The van der Waals surface area contributed by atoms with Gasteiger partial charge in [-0.05, 0) is 106 Å². The zero-order valence-electron chi connectivity index (χ0n) is 35.5. The molecule has 0 aliphatic heterocycles. The number of aliphatic hydroxyl groups is 1. The van der Waals surface area contributed by atoms with E-state index in [1.54, 1.807) is 14.2 Å². The molecule has 10 nitrogen and oxygen atoms in total. The van der Waals surface area contributed by atoms with Crippen molar-refractivity contribution in [2.75, 3.05) is 14.2 Å². The lowest BCUT2D eigenvalue weighted by molar-refractivity contribution is 0.185. The van der Waals surface area contributed by atoms with Crippen LogP contribution < -0.4 is 5.32 Å². The Morgan fingerprint density at radius 1 is 0.541 bits per heavy atom. The van der Waals surface area contributed by atoms with E-state index in [1.165, 1.54) is 27.8 Å². The summed E-state index contributed by atoms with van der Waals surface area (Å²) in [6, 6.07) is 45.1. The van der Waals surface area contributed by atoms with Gasteiger partial charge in [0.25, 0.3) is 11.8 Å². The summed E-state index contributed by atoms with van der Waals surface area (Å²) in [5.74, 6) is 2.02. The summed E-state index contributed by atoms with van der Waals surface area (Å²) in [4.78, 5) is 9.22. The first-order chi connectivity index (χ1) is 29.7. The molecule has 0 aliphatic rings. The Labute approximate surface area is 357 Å². The van der Waals surface area contributed by atoms with E-state index in [0.29, 0.717) is 42.7 Å². The lowest BCUT2D eigenvalue weighted by Gasteiger charge is -2.12. The highest BCUT2D eigenvalue weighted by molar-refractivity contribution is 5.75. The number of nitrogens with one attached hydrogen (secondary N) is 1. The van der Waals surface area contributed by atoms with Gasteiger partial charge in [-0.2, -0.15) is 9.97 Å². The molecular weight excluding hydrogens is 763 g/mol. The number of aryl methyl sites for hydroxylation is 2. The number of hydrogen-bond acceptors (Lipinski definition) is 10. The fourth-order valence-corrected chi connectivity index (χ4v) is 7.15. The number of ether oxygens (including phenoxy) is 2. The molecule has 0 spiro atoms. The van der Waals surface area contributed by atoms with Gasteiger partial charge < -0.3 is 28.9 Å². The zero-order chi connectivity index (χ0) is 42.7. The fourth-order valence-electron chi connectivity index (χ4n) is 7.15. The summed E-state index contributed by atoms with van der Waals surface area (Å²) >= 11 is 0. The van der Waals surface area contributed by atoms with Gasteiger partial charge in [0, 0.05) is 49.1 Å². The lowest BCUT2D eigenvalue weighted by Crippen LogP contribution is -2.21. The summed E-state index contributed by atoms with van der Waals surface area (Å²) < 4.78 is 22.1. The Morgan fingerprint density at radius 2 is 1.02 bits per heavy atom. The molecule has 8 rings (SSSR count). The van der Waals surface area contributed by atoms with E-state index in [9.17, 15) is 5.11 Å². The molecule has 2 N–H and O–H groups in total. The normalized spacial score (nSPS) is 11.1. The van der Waals surface area contributed by atoms with Gasteiger partial charge >= 0.3 is 0 Å². The number of methoxy groups -OCH3 is 2. The molecule has 310 valence electrons. The van der Waals surface area contributed by atoms with Crippen LogP contribution in [0.15, 0.2) is 143 Å². The SMILES string of the molecule is COCc1cc(-c2nc(-c3cccc(CNC(C)C)c3)no2)ccc1-c1ccccc1C.COCc1cc(-c2nc(-c3cccc(CO)c3)no2)ccc1-c1ccccc1C. The maximum absolute atomic E-state index is 9.34. The summed E-state index contributed by atoms with van der Waals surface area (Å²) in [7, 11) is 3.40. The molecule has 0 saturated heterocycles.